The SMILES string of the molecule is Cc1ccc2c(n1)n(C[C@H]1CC[C@H](NC(=O)c3cc(Cl)cnc3C)CC1)c(=O)n2C. The summed E-state index contributed by atoms with van der Waals surface area (Å²) < 4.78 is 3.46. The molecule has 0 spiro atoms. The second-order valence-electron chi connectivity index (χ2n) is 8.23. The van der Waals surface area contributed by atoms with Gasteiger partial charge in [0.2, 0.25) is 0 Å². The van der Waals surface area contributed by atoms with E-state index in [0.29, 0.717) is 28.7 Å². The Balaban J connectivity index is 1.41. The minimum atomic E-state index is -0.129. The summed E-state index contributed by atoms with van der Waals surface area (Å²) in [5, 5.41) is 3.57. The Morgan fingerprint density at radius 2 is 1.97 bits per heavy atom. The number of carbonyl (C=O) groups excluding carboxylic acids is 1. The first-order valence-electron chi connectivity index (χ1n) is 10.3. The Hall–Kier alpha value is -2.67. The van der Waals surface area contributed by atoms with E-state index in [-0.39, 0.29) is 17.6 Å². The van der Waals surface area contributed by atoms with Gasteiger partial charge in [0.1, 0.15) is 0 Å². The van der Waals surface area contributed by atoms with Gasteiger partial charge >= 0.3 is 5.69 Å². The van der Waals surface area contributed by atoms with Crippen LogP contribution in [-0.2, 0) is 13.6 Å². The lowest BCUT2D eigenvalue weighted by molar-refractivity contribution is 0.0919. The summed E-state index contributed by atoms with van der Waals surface area (Å²) in [6, 6.07) is 5.66. The molecule has 0 atom stereocenters. The third-order valence-corrected chi connectivity index (χ3v) is 6.26. The van der Waals surface area contributed by atoms with Gasteiger partial charge in [-0.15, -0.1) is 0 Å². The second-order valence-corrected chi connectivity index (χ2v) is 8.66. The fraction of sp³-hybridized carbons (Fsp3) is 0.455. The van der Waals surface area contributed by atoms with Gasteiger partial charge in [0, 0.05) is 31.5 Å². The van der Waals surface area contributed by atoms with E-state index in [2.05, 4.69) is 15.3 Å². The molecule has 0 bridgehead atoms. The van der Waals surface area contributed by atoms with E-state index < -0.39 is 0 Å². The molecule has 3 aromatic heterocycles. The Morgan fingerprint density at radius 1 is 1.23 bits per heavy atom. The predicted molar refractivity (Wildman–Crippen MR) is 117 cm³/mol. The maximum atomic E-state index is 12.7. The van der Waals surface area contributed by atoms with Crippen molar-refractivity contribution in [3.63, 3.8) is 0 Å². The highest BCUT2D eigenvalue weighted by molar-refractivity contribution is 6.30. The topological polar surface area (TPSA) is 81.8 Å². The number of amides is 1. The van der Waals surface area contributed by atoms with E-state index in [9.17, 15) is 9.59 Å². The van der Waals surface area contributed by atoms with Crippen molar-refractivity contribution in [3.8, 4) is 0 Å². The van der Waals surface area contributed by atoms with Crippen LogP contribution in [0, 0.1) is 19.8 Å². The van der Waals surface area contributed by atoms with Crippen LogP contribution >= 0.6 is 11.6 Å². The summed E-state index contributed by atoms with van der Waals surface area (Å²) in [7, 11) is 1.79. The normalized spacial score (nSPS) is 19.2. The van der Waals surface area contributed by atoms with Crippen LogP contribution in [0.2, 0.25) is 5.02 Å². The molecule has 1 aliphatic rings. The molecule has 0 unspecified atom stereocenters. The van der Waals surface area contributed by atoms with Crippen LogP contribution in [0.4, 0.5) is 0 Å². The van der Waals surface area contributed by atoms with Crippen LogP contribution < -0.4 is 11.0 Å². The van der Waals surface area contributed by atoms with Crippen molar-refractivity contribution >= 4 is 28.7 Å². The number of aromatic nitrogens is 4. The van der Waals surface area contributed by atoms with Crippen LogP contribution in [-0.4, -0.2) is 31.1 Å². The molecule has 1 fully saturated rings. The van der Waals surface area contributed by atoms with E-state index in [4.69, 9.17) is 11.6 Å². The number of aryl methyl sites for hydroxylation is 3. The van der Waals surface area contributed by atoms with Gasteiger partial charge in [-0.1, -0.05) is 11.6 Å². The molecule has 7 nitrogen and oxygen atoms in total. The Labute approximate surface area is 180 Å². The highest BCUT2D eigenvalue weighted by Gasteiger charge is 2.25. The van der Waals surface area contributed by atoms with E-state index in [1.165, 1.54) is 0 Å². The summed E-state index contributed by atoms with van der Waals surface area (Å²) in [6.07, 6.45) is 5.22. The minimum Gasteiger partial charge on any atom is -0.349 e. The van der Waals surface area contributed by atoms with Crippen molar-refractivity contribution in [2.75, 3.05) is 0 Å². The van der Waals surface area contributed by atoms with Gasteiger partial charge < -0.3 is 5.32 Å². The molecule has 8 heteroatoms. The minimum absolute atomic E-state index is 0.0255. The van der Waals surface area contributed by atoms with Crippen molar-refractivity contribution in [3.05, 3.63) is 56.9 Å². The number of nitrogens with zero attached hydrogens (tertiary/aromatic N) is 4. The van der Waals surface area contributed by atoms with Gasteiger partial charge in [0.05, 0.1) is 21.8 Å². The number of pyridine rings is 2. The number of imidazole rings is 1. The van der Waals surface area contributed by atoms with E-state index in [0.717, 1.165) is 42.5 Å². The fourth-order valence-corrected chi connectivity index (χ4v) is 4.44. The molecule has 0 aliphatic heterocycles. The number of rotatable bonds is 4. The summed E-state index contributed by atoms with van der Waals surface area (Å²) >= 11 is 5.99. The smallest absolute Gasteiger partial charge is 0.330 e. The number of nitrogens with one attached hydrogen (secondary N) is 1. The molecular weight excluding hydrogens is 402 g/mol. The molecule has 0 aromatic carbocycles. The lowest BCUT2D eigenvalue weighted by Gasteiger charge is -2.29. The highest BCUT2D eigenvalue weighted by atomic mass is 35.5. The van der Waals surface area contributed by atoms with Crippen LogP contribution in [0.15, 0.2) is 29.2 Å². The van der Waals surface area contributed by atoms with Gasteiger partial charge in [-0.25, -0.2) is 9.78 Å². The molecule has 0 saturated heterocycles. The lowest BCUT2D eigenvalue weighted by atomic mass is 9.86. The molecule has 0 radical (unpaired) electrons. The first-order valence-corrected chi connectivity index (χ1v) is 10.7. The van der Waals surface area contributed by atoms with Gasteiger partial charge in [0.25, 0.3) is 5.91 Å². The Morgan fingerprint density at radius 3 is 2.70 bits per heavy atom. The van der Waals surface area contributed by atoms with E-state index in [1.54, 1.807) is 35.4 Å². The predicted octanol–water partition coefficient (Wildman–Crippen LogP) is 3.39. The largest absolute Gasteiger partial charge is 0.349 e. The summed E-state index contributed by atoms with van der Waals surface area (Å²) in [4.78, 5) is 34.1. The monoisotopic (exact) mass is 427 g/mol. The van der Waals surface area contributed by atoms with Crippen LogP contribution in [0.25, 0.3) is 11.2 Å². The van der Waals surface area contributed by atoms with E-state index >= 15 is 0 Å². The molecule has 1 amide bonds. The number of hydrogen-bond donors (Lipinski definition) is 1. The van der Waals surface area contributed by atoms with Crippen LogP contribution in [0.5, 0.6) is 0 Å². The zero-order chi connectivity index (χ0) is 21.4. The maximum Gasteiger partial charge on any atom is 0.330 e. The van der Waals surface area contributed by atoms with Crippen molar-refractivity contribution < 1.29 is 4.79 Å². The van der Waals surface area contributed by atoms with E-state index in [1.807, 2.05) is 19.1 Å². The Bertz CT molecular complexity index is 1160. The zero-order valence-electron chi connectivity index (χ0n) is 17.5. The maximum absolute atomic E-state index is 12.7. The average molecular weight is 428 g/mol. The standard InChI is InChI=1S/C22H26ClN5O2/c1-13-4-9-19-20(25-13)28(22(30)27(19)3)12-15-5-7-17(8-6-15)26-21(29)18-10-16(23)11-24-14(18)2/h4,9-11,15,17H,5-8,12H2,1-3H3,(H,26,29)/t15-,17-. The molecule has 1 N–H and O–H groups in total. The molecular formula is C22H26ClN5O2. The molecule has 3 heterocycles. The summed E-state index contributed by atoms with van der Waals surface area (Å²) in [6.45, 7) is 4.40. The first kappa shape index (κ1) is 20.6. The molecule has 158 valence electrons. The van der Waals surface area contributed by atoms with Crippen LogP contribution in [0.3, 0.4) is 0 Å². The molecule has 1 saturated carbocycles. The average Bonchev–Trinajstić information content (AvgIpc) is 2.95. The van der Waals surface area contributed by atoms with Crippen LogP contribution in [0.1, 0.15) is 47.4 Å². The third kappa shape index (κ3) is 3.99. The molecule has 1 aliphatic carbocycles. The van der Waals surface area contributed by atoms with Gasteiger partial charge in [-0.2, -0.15) is 0 Å². The third-order valence-electron chi connectivity index (χ3n) is 6.05. The molecule has 30 heavy (non-hydrogen) atoms. The number of halogens is 1. The number of carbonyl (C=O) groups is 1. The molecule has 4 rings (SSSR count). The summed E-state index contributed by atoms with van der Waals surface area (Å²) in [5.41, 5.74) is 3.68. The number of hydrogen-bond acceptors (Lipinski definition) is 4. The lowest BCUT2D eigenvalue weighted by Crippen LogP contribution is -2.39. The zero-order valence-corrected chi connectivity index (χ0v) is 18.2. The summed E-state index contributed by atoms with van der Waals surface area (Å²) in [5.74, 6) is 0.259. The quantitative estimate of drug-likeness (QED) is 0.691. The number of fused-ring (bicyclic) bond motifs is 1. The van der Waals surface area contributed by atoms with Crippen molar-refractivity contribution in [1.29, 1.82) is 0 Å². The Kier molecular flexibility index (Phi) is 5.64. The fourth-order valence-electron chi connectivity index (χ4n) is 4.28. The van der Waals surface area contributed by atoms with Crippen molar-refractivity contribution in [2.45, 2.75) is 52.1 Å². The van der Waals surface area contributed by atoms with Gasteiger partial charge in [0.15, 0.2) is 5.65 Å². The van der Waals surface area contributed by atoms with Crippen molar-refractivity contribution in [1.82, 2.24) is 24.4 Å². The first-order chi connectivity index (χ1) is 14.3. The van der Waals surface area contributed by atoms with Gasteiger partial charge in [-0.3, -0.25) is 18.9 Å². The highest BCUT2D eigenvalue weighted by Crippen LogP contribution is 2.27. The molecule has 3 aromatic rings. The van der Waals surface area contributed by atoms with Gasteiger partial charge in [-0.05, 0) is 63.6 Å². The van der Waals surface area contributed by atoms with Crippen molar-refractivity contribution in [2.24, 2.45) is 13.0 Å². The second kappa shape index (κ2) is 8.22.